The second kappa shape index (κ2) is 8.18. The van der Waals surface area contributed by atoms with Crippen molar-refractivity contribution in [1.29, 1.82) is 0 Å². The first kappa shape index (κ1) is 13.8. The van der Waals surface area contributed by atoms with Gasteiger partial charge in [0.05, 0.1) is 0 Å². The molecule has 1 N–H and O–H groups in total. The predicted octanol–water partition coefficient (Wildman–Crippen LogP) is 3.94. The number of allylic oxidation sites excluding steroid dienone is 1. The zero-order valence-electron chi connectivity index (χ0n) is 9.33. The number of phenols is 1. The molecule has 0 atom stereocenters. The lowest BCUT2D eigenvalue weighted by atomic mass is 10.3. The maximum Gasteiger partial charge on any atom is 0.120 e. The minimum Gasteiger partial charge on any atom is -0.508 e. The third-order valence-electron chi connectivity index (χ3n) is 1.45. The first-order chi connectivity index (χ1) is 7.18. The van der Waals surface area contributed by atoms with E-state index in [1.807, 2.05) is 13.8 Å². The summed E-state index contributed by atoms with van der Waals surface area (Å²) in [5.74, 6) is 0.948. The van der Waals surface area contributed by atoms with Crippen molar-refractivity contribution >= 4 is 11.6 Å². The molecule has 0 amide bonds. The van der Waals surface area contributed by atoms with Gasteiger partial charge in [-0.25, -0.2) is 0 Å². The molecule has 0 saturated carbocycles. The van der Waals surface area contributed by atoms with Crippen LogP contribution in [0.25, 0.3) is 0 Å². The Morgan fingerprint density at radius 1 is 1.33 bits per heavy atom. The fourth-order valence-electron chi connectivity index (χ4n) is 0.795. The topological polar surface area (TPSA) is 29.5 Å². The quantitative estimate of drug-likeness (QED) is 0.849. The highest BCUT2D eigenvalue weighted by Crippen LogP contribution is 2.15. The number of halogens is 1. The van der Waals surface area contributed by atoms with E-state index in [4.69, 9.17) is 21.4 Å². The maximum atomic E-state index is 8.98. The van der Waals surface area contributed by atoms with Gasteiger partial charge in [-0.3, -0.25) is 0 Å². The van der Waals surface area contributed by atoms with Crippen molar-refractivity contribution in [2.24, 2.45) is 0 Å². The number of aromatic hydroxyl groups is 1. The summed E-state index contributed by atoms with van der Waals surface area (Å²) in [5.41, 5.74) is 0. The molecule has 0 fully saturated rings. The van der Waals surface area contributed by atoms with Crippen molar-refractivity contribution < 1.29 is 9.84 Å². The Labute approximate surface area is 96.1 Å². The van der Waals surface area contributed by atoms with E-state index < -0.39 is 0 Å². The normalized spacial score (nSPS) is 10.3. The number of phenolic OH excluding ortho intramolecular Hbond substituents is 1. The van der Waals surface area contributed by atoms with Gasteiger partial charge in [0.2, 0.25) is 0 Å². The summed E-state index contributed by atoms with van der Waals surface area (Å²) in [7, 11) is 0. The summed E-state index contributed by atoms with van der Waals surface area (Å²) >= 11 is 5.61. The molecule has 0 aliphatic rings. The van der Waals surface area contributed by atoms with Crippen LogP contribution in [0.1, 0.15) is 20.8 Å². The summed E-state index contributed by atoms with van der Waals surface area (Å²) < 4.78 is 5.30. The monoisotopic (exact) mass is 228 g/mol. The molecule has 0 unspecified atom stereocenters. The zero-order chi connectivity index (χ0) is 11.7. The summed E-state index contributed by atoms with van der Waals surface area (Å²) in [6, 6.07) is 6.55. The van der Waals surface area contributed by atoms with Gasteiger partial charge in [0.1, 0.15) is 18.1 Å². The van der Waals surface area contributed by atoms with Gasteiger partial charge in [-0.05, 0) is 37.3 Å². The molecule has 0 radical (unpaired) electrons. The Morgan fingerprint density at radius 2 is 1.87 bits per heavy atom. The molecule has 2 nitrogen and oxygen atoms in total. The van der Waals surface area contributed by atoms with Crippen LogP contribution in [0.4, 0.5) is 0 Å². The molecule has 0 bridgehead atoms. The minimum atomic E-state index is 0.233. The highest BCUT2D eigenvalue weighted by atomic mass is 35.5. The number of hydrogen-bond donors (Lipinski definition) is 1. The van der Waals surface area contributed by atoms with Crippen LogP contribution in [0, 0.1) is 0 Å². The molecule has 0 aliphatic heterocycles. The Bertz CT molecular complexity index is 287. The molecule has 1 aromatic carbocycles. The lowest BCUT2D eigenvalue weighted by Gasteiger charge is -2.02. The van der Waals surface area contributed by atoms with Crippen molar-refractivity contribution in [2.75, 3.05) is 6.61 Å². The van der Waals surface area contributed by atoms with Crippen molar-refractivity contribution in [3.63, 3.8) is 0 Å². The summed E-state index contributed by atoms with van der Waals surface area (Å²) in [4.78, 5) is 0. The third-order valence-corrected chi connectivity index (χ3v) is 1.61. The van der Waals surface area contributed by atoms with Crippen molar-refractivity contribution in [1.82, 2.24) is 0 Å². The van der Waals surface area contributed by atoms with E-state index in [9.17, 15) is 0 Å². The number of benzene rings is 1. The van der Waals surface area contributed by atoms with E-state index in [0.717, 1.165) is 0 Å². The van der Waals surface area contributed by atoms with E-state index >= 15 is 0 Å². The van der Waals surface area contributed by atoms with Crippen LogP contribution in [0.15, 0.2) is 35.4 Å². The molecule has 15 heavy (non-hydrogen) atoms. The molecule has 84 valence electrons. The second-order valence-electron chi connectivity index (χ2n) is 2.60. The molecule has 0 heterocycles. The van der Waals surface area contributed by atoms with E-state index in [-0.39, 0.29) is 5.75 Å². The van der Waals surface area contributed by atoms with Gasteiger partial charge in [0, 0.05) is 5.03 Å². The van der Waals surface area contributed by atoms with Crippen molar-refractivity contribution in [3.05, 3.63) is 35.4 Å². The van der Waals surface area contributed by atoms with Crippen LogP contribution in [0.3, 0.4) is 0 Å². The second-order valence-corrected chi connectivity index (χ2v) is 3.19. The number of ether oxygens (including phenoxy) is 1. The van der Waals surface area contributed by atoms with E-state index in [1.165, 1.54) is 0 Å². The van der Waals surface area contributed by atoms with Crippen molar-refractivity contribution in [3.8, 4) is 11.5 Å². The standard InChI is InChI=1S/C10H11ClO2.C2H6/c1-8(11)6-7-13-10-4-2-9(12)3-5-10;1-2/h2-6,12H,7H2,1H3;1-2H3/b8-6-;. The van der Waals surface area contributed by atoms with Gasteiger partial charge < -0.3 is 9.84 Å². The first-order valence-electron chi connectivity index (χ1n) is 4.92. The molecule has 1 rings (SSSR count). The van der Waals surface area contributed by atoms with Gasteiger partial charge in [-0.1, -0.05) is 25.4 Å². The molecule has 0 saturated heterocycles. The van der Waals surface area contributed by atoms with Crippen LogP contribution in [0.2, 0.25) is 0 Å². The fraction of sp³-hybridized carbons (Fsp3) is 0.333. The number of rotatable bonds is 3. The largest absolute Gasteiger partial charge is 0.508 e. The Morgan fingerprint density at radius 3 is 2.33 bits per heavy atom. The first-order valence-corrected chi connectivity index (χ1v) is 5.30. The Hall–Kier alpha value is -1.15. The van der Waals surface area contributed by atoms with Gasteiger partial charge in [0.15, 0.2) is 0 Å². The highest BCUT2D eigenvalue weighted by Gasteiger charge is 1.91. The average Bonchev–Trinajstić information content (AvgIpc) is 2.23. The Kier molecular flexibility index (Phi) is 7.56. The SMILES string of the molecule is C/C(Cl)=C/COc1ccc(O)cc1.CC. The molecule has 0 aliphatic carbocycles. The smallest absolute Gasteiger partial charge is 0.120 e. The Balaban J connectivity index is 0.000000921. The summed E-state index contributed by atoms with van der Waals surface area (Å²) in [6.45, 7) is 6.24. The molecular formula is C12H17ClO2. The predicted molar refractivity (Wildman–Crippen MR) is 64.6 cm³/mol. The lowest BCUT2D eigenvalue weighted by Crippen LogP contribution is -1.92. The molecular weight excluding hydrogens is 212 g/mol. The molecule has 0 aromatic heterocycles. The van der Waals surface area contributed by atoms with E-state index in [0.29, 0.717) is 17.4 Å². The highest BCUT2D eigenvalue weighted by molar-refractivity contribution is 6.29. The minimum absolute atomic E-state index is 0.233. The summed E-state index contributed by atoms with van der Waals surface area (Å²) in [5, 5.41) is 9.69. The van der Waals surface area contributed by atoms with Gasteiger partial charge in [0.25, 0.3) is 0 Å². The maximum absolute atomic E-state index is 8.98. The fourth-order valence-corrected chi connectivity index (χ4v) is 0.858. The van der Waals surface area contributed by atoms with Crippen LogP contribution in [-0.4, -0.2) is 11.7 Å². The van der Waals surface area contributed by atoms with Crippen LogP contribution < -0.4 is 4.74 Å². The van der Waals surface area contributed by atoms with Crippen molar-refractivity contribution in [2.45, 2.75) is 20.8 Å². The third kappa shape index (κ3) is 6.86. The summed E-state index contributed by atoms with van der Waals surface area (Å²) in [6.07, 6.45) is 1.77. The van der Waals surface area contributed by atoms with E-state index in [1.54, 1.807) is 37.3 Å². The van der Waals surface area contributed by atoms with Gasteiger partial charge >= 0.3 is 0 Å². The van der Waals surface area contributed by atoms with Gasteiger partial charge in [-0.2, -0.15) is 0 Å². The average molecular weight is 229 g/mol. The van der Waals surface area contributed by atoms with Gasteiger partial charge in [-0.15, -0.1) is 0 Å². The molecule has 1 aromatic rings. The van der Waals surface area contributed by atoms with Crippen LogP contribution >= 0.6 is 11.6 Å². The molecule has 0 spiro atoms. The molecule has 3 heteroatoms. The number of hydrogen-bond acceptors (Lipinski definition) is 2. The van der Waals surface area contributed by atoms with Crippen LogP contribution in [0.5, 0.6) is 11.5 Å². The van der Waals surface area contributed by atoms with E-state index in [2.05, 4.69) is 0 Å². The zero-order valence-corrected chi connectivity index (χ0v) is 10.1. The van der Waals surface area contributed by atoms with Crippen LogP contribution in [-0.2, 0) is 0 Å². The lowest BCUT2D eigenvalue weighted by molar-refractivity contribution is 0.361.